The summed E-state index contributed by atoms with van der Waals surface area (Å²) in [6, 6.07) is 10.8. The van der Waals surface area contributed by atoms with Crippen molar-refractivity contribution in [2.75, 3.05) is 25.8 Å². The van der Waals surface area contributed by atoms with Crippen molar-refractivity contribution in [1.29, 1.82) is 0 Å². The maximum atomic E-state index is 5.71. The lowest BCUT2D eigenvalue weighted by Gasteiger charge is -2.18. The van der Waals surface area contributed by atoms with Gasteiger partial charge in [0.15, 0.2) is 24.2 Å². The summed E-state index contributed by atoms with van der Waals surface area (Å²) in [5.74, 6) is 2.61. The lowest BCUT2D eigenvalue weighted by Crippen LogP contribution is -2.40. The van der Waals surface area contributed by atoms with Crippen LogP contribution in [0.1, 0.15) is 51.0 Å². The van der Waals surface area contributed by atoms with E-state index in [1.807, 2.05) is 0 Å². The van der Waals surface area contributed by atoms with Crippen LogP contribution >= 0.6 is 0 Å². The molecule has 0 bridgehead atoms. The third-order valence-electron chi connectivity index (χ3n) is 6.68. The molecule has 1 N–H and O–H groups in total. The molecule has 168 valence electrons. The summed E-state index contributed by atoms with van der Waals surface area (Å²) in [5.41, 5.74) is 4.89. The Morgan fingerprint density at radius 3 is 2.66 bits per heavy atom. The van der Waals surface area contributed by atoms with Gasteiger partial charge in [0.05, 0.1) is 23.7 Å². The molecule has 0 atom stereocenters. The number of nitrogens with one attached hydrogen (secondary N) is 1. The van der Waals surface area contributed by atoms with Gasteiger partial charge < -0.3 is 19.5 Å². The van der Waals surface area contributed by atoms with Crippen LogP contribution in [0, 0.1) is 0 Å². The lowest BCUT2D eigenvalue weighted by atomic mass is 9.95. The zero-order valence-corrected chi connectivity index (χ0v) is 19.2. The van der Waals surface area contributed by atoms with Crippen LogP contribution in [0.25, 0.3) is 22.0 Å². The number of nitrogens with zero attached hydrogens (tertiary/aromatic N) is 1. The molecule has 0 saturated heterocycles. The SMILES string of the molecule is CCCCCCCCNc1c(OC)ccc2cc3[n+](cc12)CCc1cc2c(cc1-3)OCO2. The Kier molecular flexibility index (Phi) is 6.06. The Morgan fingerprint density at radius 2 is 1.81 bits per heavy atom. The van der Waals surface area contributed by atoms with E-state index < -0.39 is 0 Å². The van der Waals surface area contributed by atoms with Crippen LogP contribution in [-0.2, 0) is 13.0 Å². The maximum Gasteiger partial charge on any atom is 0.231 e. The number of methoxy groups -OCH3 is 1. The van der Waals surface area contributed by atoms with E-state index in [0.29, 0.717) is 6.79 Å². The number of fused-ring (bicyclic) bond motifs is 5. The third kappa shape index (κ3) is 3.96. The highest BCUT2D eigenvalue weighted by Crippen LogP contribution is 2.41. The molecule has 2 aliphatic heterocycles. The number of rotatable bonds is 9. The molecule has 3 aromatic rings. The first kappa shape index (κ1) is 20.9. The number of hydrogen-bond acceptors (Lipinski definition) is 4. The molecule has 5 heteroatoms. The van der Waals surface area contributed by atoms with Gasteiger partial charge in [-0.15, -0.1) is 0 Å². The molecular weight excluding hydrogens is 400 g/mol. The summed E-state index contributed by atoms with van der Waals surface area (Å²) in [7, 11) is 1.75. The van der Waals surface area contributed by atoms with Crippen LogP contribution < -0.4 is 24.1 Å². The van der Waals surface area contributed by atoms with Crippen molar-refractivity contribution in [1.82, 2.24) is 0 Å². The molecule has 0 fully saturated rings. The van der Waals surface area contributed by atoms with Crippen molar-refractivity contribution in [3.05, 3.63) is 42.1 Å². The van der Waals surface area contributed by atoms with Crippen molar-refractivity contribution in [2.24, 2.45) is 0 Å². The first-order valence-electron chi connectivity index (χ1n) is 12.0. The van der Waals surface area contributed by atoms with E-state index in [4.69, 9.17) is 14.2 Å². The molecule has 32 heavy (non-hydrogen) atoms. The van der Waals surface area contributed by atoms with Crippen LogP contribution in [0.5, 0.6) is 17.2 Å². The summed E-state index contributed by atoms with van der Waals surface area (Å²) in [5, 5.41) is 6.11. The Hall–Kier alpha value is -2.95. The number of ether oxygens (including phenoxy) is 3. The molecular formula is C27H33N2O3+. The average Bonchev–Trinajstić information content (AvgIpc) is 3.28. The predicted octanol–water partition coefficient (Wildman–Crippen LogP) is 5.86. The van der Waals surface area contributed by atoms with Crippen molar-refractivity contribution in [3.63, 3.8) is 0 Å². The maximum absolute atomic E-state index is 5.71. The van der Waals surface area contributed by atoms with Gasteiger partial charge >= 0.3 is 0 Å². The smallest absolute Gasteiger partial charge is 0.231 e. The summed E-state index contributed by atoms with van der Waals surface area (Å²) in [6.45, 7) is 4.49. The number of aromatic nitrogens is 1. The molecule has 2 aliphatic rings. The number of anilines is 1. The minimum absolute atomic E-state index is 0.309. The molecule has 0 unspecified atom stereocenters. The zero-order valence-electron chi connectivity index (χ0n) is 19.2. The first-order valence-corrected chi connectivity index (χ1v) is 12.0. The highest BCUT2D eigenvalue weighted by Gasteiger charge is 2.28. The molecule has 0 amide bonds. The average molecular weight is 434 g/mol. The van der Waals surface area contributed by atoms with E-state index in [2.05, 4.69) is 53.3 Å². The van der Waals surface area contributed by atoms with Gasteiger partial charge in [0.1, 0.15) is 5.75 Å². The molecule has 0 radical (unpaired) electrons. The van der Waals surface area contributed by atoms with Crippen molar-refractivity contribution in [2.45, 2.75) is 58.4 Å². The number of benzene rings is 2. The highest BCUT2D eigenvalue weighted by molar-refractivity contribution is 5.97. The van der Waals surface area contributed by atoms with Crippen LogP contribution in [-0.4, -0.2) is 20.4 Å². The van der Waals surface area contributed by atoms with Crippen LogP contribution in [0.2, 0.25) is 0 Å². The van der Waals surface area contributed by atoms with Gasteiger partial charge in [-0.25, -0.2) is 0 Å². The third-order valence-corrected chi connectivity index (χ3v) is 6.68. The topological polar surface area (TPSA) is 43.6 Å². The molecule has 5 nitrogen and oxygen atoms in total. The number of hydrogen-bond donors (Lipinski definition) is 1. The Balaban J connectivity index is 1.43. The number of aryl methyl sites for hydroxylation is 2. The summed E-state index contributed by atoms with van der Waals surface area (Å²) in [4.78, 5) is 0. The molecule has 0 spiro atoms. The van der Waals surface area contributed by atoms with E-state index in [9.17, 15) is 0 Å². The summed E-state index contributed by atoms with van der Waals surface area (Å²) < 4.78 is 19.3. The number of unbranched alkanes of at least 4 members (excludes halogenated alkanes) is 5. The van der Waals surface area contributed by atoms with Gasteiger partial charge in [-0.2, -0.15) is 4.57 Å². The standard InChI is InChI=1S/C27H32N2O3/c1-3-4-5-6-7-8-12-28-27-22-17-29-13-11-20-15-25-26(32-18-31-25)16-21(20)23(29)14-19(22)9-10-24(27)30-2/h9-10,14-17H,3-8,11-13,18H2,1-2H3/p+1. The van der Waals surface area contributed by atoms with E-state index in [0.717, 1.165) is 42.4 Å². The largest absolute Gasteiger partial charge is 0.495 e. The fraction of sp³-hybridized carbons (Fsp3) is 0.444. The first-order chi connectivity index (χ1) is 15.8. The van der Waals surface area contributed by atoms with Gasteiger partial charge in [0.2, 0.25) is 12.5 Å². The van der Waals surface area contributed by atoms with Gasteiger partial charge in [0.25, 0.3) is 0 Å². The van der Waals surface area contributed by atoms with Crippen molar-refractivity contribution in [3.8, 4) is 28.5 Å². The summed E-state index contributed by atoms with van der Waals surface area (Å²) in [6.07, 6.45) is 11.0. The van der Waals surface area contributed by atoms with Gasteiger partial charge in [-0.3, -0.25) is 0 Å². The second-order valence-electron chi connectivity index (χ2n) is 8.80. The van der Waals surface area contributed by atoms with E-state index >= 15 is 0 Å². The Labute approximate surface area is 190 Å². The fourth-order valence-corrected chi connectivity index (χ4v) is 4.90. The summed E-state index contributed by atoms with van der Waals surface area (Å²) >= 11 is 0. The van der Waals surface area contributed by atoms with Crippen LogP contribution in [0.15, 0.2) is 36.5 Å². The monoisotopic (exact) mass is 433 g/mol. The predicted molar refractivity (Wildman–Crippen MR) is 128 cm³/mol. The zero-order chi connectivity index (χ0) is 21.9. The molecule has 0 saturated carbocycles. The van der Waals surface area contributed by atoms with Crippen LogP contribution in [0.4, 0.5) is 5.69 Å². The van der Waals surface area contributed by atoms with E-state index in [-0.39, 0.29) is 0 Å². The Morgan fingerprint density at radius 1 is 1.00 bits per heavy atom. The molecule has 1 aromatic heterocycles. The van der Waals surface area contributed by atoms with Crippen LogP contribution in [0.3, 0.4) is 0 Å². The normalized spacial score (nSPS) is 13.7. The fourth-order valence-electron chi connectivity index (χ4n) is 4.90. The highest BCUT2D eigenvalue weighted by atomic mass is 16.7. The quantitative estimate of drug-likeness (QED) is 0.339. The van der Waals surface area contributed by atoms with E-state index in [1.165, 1.54) is 66.1 Å². The molecule has 2 aromatic carbocycles. The van der Waals surface area contributed by atoms with Gasteiger partial charge in [0, 0.05) is 19.0 Å². The van der Waals surface area contributed by atoms with Gasteiger partial charge in [-0.1, -0.05) is 45.1 Å². The Bertz CT molecular complexity index is 1130. The van der Waals surface area contributed by atoms with E-state index in [1.54, 1.807) is 7.11 Å². The minimum Gasteiger partial charge on any atom is -0.495 e. The molecule has 5 rings (SSSR count). The van der Waals surface area contributed by atoms with Crippen molar-refractivity contribution >= 4 is 16.5 Å². The van der Waals surface area contributed by atoms with Gasteiger partial charge in [-0.05, 0) is 35.6 Å². The second kappa shape index (κ2) is 9.27. The molecule has 0 aliphatic carbocycles. The van der Waals surface area contributed by atoms with Crippen molar-refractivity contribution < 1.29 is 18.8 Å². The lowest BCUT2D eigenvalue weighted by molar-refractivity contribution is -0.686. The second-order valence-corrected chi connectivity index (χ2v) is 8.80. The number of pyridine rings is 1. The minimum atomic E-state index is 0.309. The molecule has 3 heterocycles.